The number of pyridine rings is 1. The van der Waals surface area contributed by atoms with Crippen molar-refractivity contribution in [1.29, 1.82) is 0 Å². The molecule has 1 aliphatic carbocycles. The van der Waals surface area contributed by atoms with E-state index in [9.17, 15) is 9.59 Å². The summed E-state index contributed by atoms with van der Waals surface area (Å²) < 4.78 is 8.53. The number of carbonyl (C=O) groups is 2. The van der Waals surface area contributed by atoms with Crippen molar-refractivity contribution in [2.75, 3.05) is 13.2 Å². The molecule has 9 heteroatoms. The monoisotopic (exact) mass is 493 g/mol. The molecule has 2 fully saturated rings. The van der Waals surface area contributed by atoms with Crippen molar-refractivity contribution < 1.29 is 19.0 Å². The summed E-state index contributed by atoms with van der Waals surface area (Å²) in [7, 11) is 1.84. The maximum absolute atomic E-state index is 13.4. The summed E-state index contributed by atoms with van der Waals surface area (Å²) in [6.07, 6.45) is 10.7. The zero-order chi connectivity index (χ0) is 25.4. The van der Waals surface area contributed by atoms with Crippen LogP contribution in [0.4, 0.5) is 0 Å². The van der Waals surface area contributed by atoms with E-state index in [0.29, 0.717) is 29.9 Å². The number of aromatic nitrogens is 5. The van der Waals surface area contributed by atoms with Crippen LogP contribution in [0.25, 0.3) is 5.69 Å². The first kappa shape index (κ1) is 24.6. The minimum Gasteiger partial charge on any atom is -0.456 e. The van der Waals surface area contributed by atoms with Gasteiger partial charge in [0, 0.05) is 12.2 Å². The number of ether oxygens (including phenoxy) is 1. The van der Waals surface area contributed by atoms with Crippen LogP contribution in [0.2, 0.25) is 0 Å². The van der Waals surface area contributed by atoms with E-state index in [-0.39, 0.29) is 23.9 Å². The molecule has 2 atom stereocenters. The second-order valence-electron chi connectivity index (χ2n) is 11.1. The molecular formula is C27H37N6O3+. The van der Waals surface area contributed by atoms with Gasteiger partial charge in [-0.2, -0.15) is 0 Å². The SMILES string of the molecule is CC1=C(N2CCC3(CCC(C(C)C(C)CCc4ccc(-n5c[n+](C)nn5)cn4)CC3)C2=O)COC1=O. The van der Waals surface area contributed by atoms with Gasteiger partial charge in [0.2, 0.25) is 12.2 Å². The summed E-state index contributed by atoms with van der Waals surface area (Å²) in [6, 6.07) is 4.12. The average molecular weight is 494 g/mol. The first-order chi connectivity index (χ1) is 17.3. The smallest absolute Gasteiger partial charge is 0.336 e. The number of carbonyl (C=O) groups excluding carboxylic acids is 2. The number of aryl methyl sites for hydroxylation is 2. The highest BCUT2D eigenvalue weighted by Gasteiger charge is 2.50. The Kier molecular flexibility index (Phi) is 6.66. The minimum absolute atomic E-state index is 0.212. The number of tetrazole rings is 1. The van der Waals surface area contributed by atoms with E-state index in [4.69, 9.17) is 4.74 Å². The molecule has 9 nitrogen and oxygen atoms in total. The summed E-state index contributed by atoms with van der Waals surface area (Å²) >= 11 is 0. The lowest BCUT2D eigenvalue weighted by Gasteiger charge is -2.39. The van der Waals surface area contributed by atoms with Gasteiger partial charge >= 0.3 is 5.97 Å². The Bertz CT molecular complexity index is 1160. The number of hydrogen-bond donors (Lipinski definition) is 0. The number of cyclic esters (lactones) is 1. The molecule has 2 unspecified atom stereocenters. The third-order valence-corrected chi connectivity index (χ3v) is 9.03. The fourth-order valence-corrected chi connectivity index (χ4v) is 6.24. The molecule has 1 spiro atoms. The van der Waals surface area contributed by atoms with Gasteiger partial charge in [0.05, 0.1) is 29.9 Å². The van der Waals surface area contributed by atoms with Crippen molar-refractivity contribution in [1.82, 2.24) is 25.0 Å². The molecule has 2 aliphatic heterocycles. The number of hydrogen-bond acceptors (Lipinski definition) is 6. The van der Waals surface area contributed by atoms with E-state index in [1.807, 2.05) is 30.5 Å². The number of likely N-dealkylation sites (tertiary alicyclic amines) is 1. The minimum atomic E-state index is -0.291. The van der Waals surface area contributed by atoms with Crippen molar-refractivity contribution in [2.45, 2.75) is 65.7 Å². The van der Waals surface area contributed by atoms with Gasteiger partial charge in [0.15, 0.2) is 10.9 Å². The molecule has 0 N–H and O–H groups in total. The highest BCUT2D eigenvalue weighted by molar-refractivity contribution is 5.94. The summed E-state index contributed by atoms with van der Waals surface area (Å²) in [5.74, 6) is 1.76. The van der Waals surface area contributed by atoms with Crippen LogP contribution in [-0.4, -0.2) is 50.0 Å². The summed E-state index contributed by atoms with van der Waals surface area (Å²) in [5.41, 5.74) is 3.13. The molecule has 2 aromatic heterocycles. The Morgan fingerprint density at radius 2 is 1.97 bits per heavy atom. The van der Waals surface area contributed by atoms with E-state index in [1.165, 1.54) is 0 Å². The van der Waals surface area contributed by atoms with Gasteiger partial charge in [-0.3, -0.25) is 9.78 Å². The molecule has 0 radical (unpaired) electrons. The summed E-state index contributed by atoms with van der Waals surface area (Å²) in [4.78, 5) is 31.7. The van der Waals surface area contributed by atoms with Crippen molar-refractivity contribution >= 4 is 11.9 Å². The van der Waals surface area contributed by atoms with Crippen LogP contribution in [-0.2, 0) is 27.8 Å². The van der Waals surface area contributed by atoms with E-state index < -0.39 is 0 Å². The standard InChI is InChI=1S/C27H37N6O3/c1-18(5-6-22-7-8-23(15-28-22)33-17-31(4)29-30-33)19(2)21-9-11-27(12-10-21)13-14-32(26(27)35)24-16-36-25(34)20(24)3/h7-8,15,17-19,21H,5-6,9-14,16H2,1-4H3/q+1. The number of esters is 1. The van der Waals surface area contributed by atoms with Crippen LogP contribution in [0.15, 0.2) is 35.9 Å². The number of amides is 1. The van der Waals surface area contributed by atoms with Gasteiger partial charge in [0.1, 0.15) is 11.8 Å². The second-order valence-corrected chi connectivity index (χ2v) is 11.1. The molecule has 3 aliphatic rings. The molecule has 4 heterocycles. The van der Waals surface area contributed by atoms with Gasteiger partial charge in [-0.25, -0.2) is 4.79 Å². The lowest BCUT2D eigenvalue weighted by atomic mass is 9.65. The highest BCUT2D eigenvalue weighted by Crippen LogP contribution is 2.50. The van der Waals surface area contributed by atoms with E-state index in [2.05, 4.69) is 35.3 Å². The maximum atomic E-state index is 13.4. The lowest BCUT2D eigenvalue weighted by molar-refractivity contribution is -0.731. The van der Waals surface area contributed by atoms with Crippen LogP contribution >= 0.6 is 0 Å². The molecule has 1 saturated heterocycles. The molecule has 1 saturated carbocycles. The Morgan fingerprint density at radius 3 is 2.58 bits per heavy atom. The predicted octanol–water partition coefficient (Wildman–Crippen LogP) is 2.93. The first-order valence-electron chi connectivity index (χ1n) is 13.2. The second kappa shape index (κ2) is 9.75. The Morgan fingerprint density at radius 1 is 1.19 bits per heavy atom. The van der Waals surface area contributed by atoms with E-state index >= 15 is 0 Å². The van der Waals surface area contributed by atoms with Crippen LogP contribution in [0, 0.1) is 23.2 Å². The van der Waals surface area contributed by atoms with Crippen molar-refractivity contribution in [3.63, 3.8) is 0 Å². The zero-order valence-corrected chi connectivity index (χ0v) is 21.8. The number of nitrogens with zero attached hydrogens (tertiary/aromatic N) is 6. The predicted molar refractivity (Wildman–Crippen MR) is 131 cm³/mol. The number of rotatable bonds is 7. The molecule has 5 rings (SSSR count). The van der Waals surface area contributed by atoms with Gasteiger partial charge in [0.25, 0.3) is 0 Å². The van der Waals surface area contributed by atoms with Crippen molar-refractivity contribution in [3.05, 3.63) is 41.6 Å². The Balaban J connectivity index is 1.12. The largest absolute Gasteiger partial charge is 0.456 e. The first-order valence-corrected chi connectivity index (χ1v) is 13.2. The molecule has 2 aromatic rings. The molecule has 1 amide bonds. The van der Waals surface area contributed by atoms with Gasteiger partial charge < -0.3 is 9.64 Å². The van der Waals surface area contributed by atoms with E-state index in [1.54, 1.807) is 16.3 Å². The van der Waals surface area contributed by atoms with Gasteiger partial charge in [-0.1, -0.05) is 18.5 Å². The van der Waals surface area contributed by atoms with Crippen LogP contribution < -0.4 is 4.68 Å². The third-order valence-electron chi connectivity index (χ3n) is 9.03. The van der Waals surface area contributed by atoms with Crippen molar-refractivity contribution in [3.8, 4) is 5.69 Å². The molecule has 36 heavy (non-hydrogen) atoms. The molecule has 192 valence electrons. The lowest BCUT2D eigenvalue weighted by Crippen LogP contribution is -2.39. The molecular weight excluding hydrogens is 456 g/mol. The summed E-state index contributed by atoms with van der Waals surface area (Å²) in [6.45, 7) is 7.45. The van der Waals surface area contributed by atoms with Crippen molar-refractivity contribution in [2.24, 2.45) is 30.2 Å². The van der Waals surface area contributed by atoms with Crippen LogP contribution in [0.1, 0.15) is 65.0 Å². The topological polar surface area (TPSA) is 94.1 Å². The molecule has 0 bridgehead atoms. The Hall–Kier alpha value is -3.10. The fraction of sp³-hybridized carbons (Fsp3) is 0.630. The van der Waals surface area contributed by atoms with Gasteiger partial charge in [-0.15, -0.1) is 4.68 Å². The molecule has 0 aromatic carbocycles. The summed E-state index contributed by atoms with van der Waals surface area (Å²) in [5, 5.41) is 8.03. The van der Waals surface area contributed by atoms with Crippen LogP contribution in [0.5, 0.6) is 0 Å². The average Bonchev–Trinajstić information content (AvgIpc) is 3.56. The third kappa shape index (κ3) is 4.55. The quantitative estimate of drug-likeness (QED) is 0.435. The van der Waals surface area contributed by atoms with Crippen LogP contribution in [0.3, 0.4) is 0 Å². The highest BCUT2D eigenvalue weighted by atomic mass is 16.5. The Labute approximate surface area is 212 Å². The van der Waals surface area contributed by atoms with E-state index in [0.717, 1.165) is 62.0 Å². The van der Waals surface area contributed by atoms with Gasteiger partial charge in [-0.05, 0) is 81.8 Å². The zero-order valence-electron chi connectivity index (χ0n) is 21.8. The maximum Gasteiger partial charge on any atom is 0.336 e. The fourth-order valence-electron chi connectivity index (χ4n) is 6.24. The normalized spacial score (nSPS) is 26.1.